The molecule has 0 spiro atoms. The first-order chi connectivity index (χ1) is 17.8. The molecule has 0 saturated heterocycles. The molecule has 1 aliphatic carbocycles. The maximum atomic E-state index is 13.5. The van der Waals surface area contributed by atoms with Crippen LogP contribution in [0.15, 0.2) is 60.7 Å². The second kappa shape index (κ2) is 12.0. The summed E-state index contributed by atoms with van der Waals surface area (Å²) in [6.07, 6.45) is 8.61. The lowest BCUT2D eigenvalue weighted by Gasteiger charge is -2.41. The van der Waals surface area contributed by atoms with Crippen LogP contribution in [0.3, 0.4) is 0 Å². The average Bonchev–Trinajstić information content (AvgIpc) is 3.41. The topological polar surface area (TPSA) is 104 Å². The maximum absolute atomic E-state index is 13.5. The molecule has 0 bridgehead atoms. The Hall–Kier alpha value is -3.81. The zero-order chi connectivity index (χ0) is 26.3. The molecule has 2 aromatic carbocycles. The Morgan fingerprint density at radius 1 is 1.03 bits per heavy atom. The number of benzene rings is 2. The van der Waals surface area contributed by atoms with E-state index in [1.807, 2.05) is 59.5 Å². The second-order valence-electron chi connectivity index (χ2n) is 10.8. The van der Waals surface area contributed by atoms with Crippen molar-refractivity contribution in [2.75, 3.05) is 5.32 Å². The summed E-state index contributed by atoms with van der Waals surface area (Å²) >= 11 is 0. The van der Waals surface area contributed by atoms with Crippen molar-refractivity contribution in [2.24, 2.45) is 11.3 Å². The molecule has 8 heteroatoms. The molecule has 0 radical (unpaired) electrons. The van der Waals surface area contributed by atoms with E-state index in [2.05, 4.69) is 46.7 Å². The molecule has 0 atom stereocenters. The highest BCUT2D eigenvalue weighted by molar-refractivity contribution is 6.03. The standard InChI is InChI=1S/C29H36N6O2/c1-29(2,3)24-16-18-25(19-17-24)35(26(36)11-7-10-21-8-5-4-6-9-21)20-22-12-14-23(15-13-22)27(37)30-28-31-33-34-32-28/h4-10,12-15,24-25H,11,16-20H2,1-3H3,(H2,30,31,32,33,34,37). The van der Waals surface area contributed by atoms with E-state index in [0.717, 1.165) is 36.8 Å². The highest BCUT2D eigenvalue weighted by Crippen LogP contribution is 2.39. The van der Waals surface area contributed by atoms with Crippen molar-refractivity contribution < 1.29 is 9.59 Å². The van der Waals surface area contributed by atoms with Gasteiger partial charge >= 0.3 is 0 Å². The summed E-state index contributed by atoms with van der Waals surface area (Å²) in [6, 6.07) is 17.6. The third-order valence-corrected chi connectivity index (χ3v) is 7.22. The van der Waals surface area contributed by atoms with E-state index in [-0.39, 0.29) is 29.2 Å². The number of aromatic nitrogens is 4. The number of amides is 2. The summed E-state index contributed by atoms with van der Waals surface area (Å²) in [4.78, 5) is 27.9. The monoisotopic (exact) mass is 500 g/mol. The Labute approximate surface area is 218 Å². The molecule has 1 fully saturated rings. The molecule has 0 unspecified atom stereocenters. The number of aromatic amines is 1. The molecular weight excluding hydrogens is 464 g/mol. The maximum Gasteiger partial charge on any atom is 0.270 e. The van der Waals surface area contributed by atoms with Gasteiger partial charge in [0.15, 0.2) is 0 Å². The van der Waals surface area contributed by atoms with Crippen LogP contribution in [0.2, 0.25) is 0 Å². The van der Waals surface area contributed by atoms with Crippen molar-refractivity contribution in [3.05, 3.63) is 77.4 Å². The average molecular weight is 501 g/mol. The van der Waals surface area contributed by atoms with Gasteiger partial charge in [0.1, 0.15) is 0 Å². The molecule has 0 aliphatic heterocycles. The number of rotatable bonds is 8. The first kappa shape index (κ1) is 26.3. The fourth-order valence-corrected chi connectivity index (χ4v) is 5.00. The summed E-state index contributed by atoms with van der Waals surface area (Å²) < 4.78 is 0. The van der Waals surface area contributed by atoms with Crippen LogP contribution in [-0.4, -0.2) is 43.4 Å². The van der Waals surface area contributed by atoms with Gasteiger partial charge in [0.25, 0.3) is 11.9 Å². The van der Waals surface area contributed by atoms with Gasteiger partial charge in [0.2, 0.25) is 5.91 Å². The minimum Gasteiger partial charge on any atom is -0.335 e. The molecule has 194 valence electrons. The van der Waals surface area contributed by atoms with Crippen LogP contribution in [0.4, 0.5) is 5.95 Å². The number of carbonyl (C=O) groups excluding carboxylic acids is 2. The molecular formula is C29H36N6O2. The molecule has 8 nitrogen and oxygen atoms in total. The largest absolute Gasteiger partial charge is 0.335 e. The van der Waals surface area contributed by atoms with E-state index < -0.39 is 0 Å². The van der Waals surface area contributed by atoms with Crippen molar-refractivity contribution in [2.45, 2.75) is 65.5 Å². The summed E-state index contributed by atoms with van der Waals surface area (Å²) in [7, 11) is 0. The zero-order valence-electron chi connectivity index (χ0n) is 21.9. The van der Waals surface area contributed by atoms with Gasteiger partial charge in [-0.3, -0.25) is 14.9 Å². The Morgan fingerprint density at radius 3 is 2.35 bits per heavy atom. The van der Waals surface area contributed by atoms with E-state index in [1.54, 1.807) is 12.1 Å². The van der Waals surface area contributed by atoms with E-state index >= 15 is 0 Å². The van der Waals surface area contributed by atoms with Crippen LogP contribution >= 0.6 is 0 Å². The van der Waals surface area contributed by atoms with Gasteiger partial charge in [0.05, 0.1) is 0 Å². The Kier molecular flexibility index (Phi) is 8.48. The van der Waals surface area contributed by atoms with Gasteiger partial charge in [-0.15, -0.1) is 5.10 Å². The Morgan fingerprint density at radius 2 is 1.73 bits per heavy atom. The van der Waals surface area contributed by atoms with Crippen LogP contribution in [0.1, 0.15) is 74.4 Å². The first-order valence-electron chi connectivity index (χ1n) is 12.9. The third kappa shape index (κ3) is 7.35. The highest BCUT2D eigenvalue weighted by atomic mass is 16.2. The van der Waals surface area contributed by atoms with Crippen molar-refractivity contribution in [1.29, 1.82) is 0 Å². The lowest BCUT2D eigenvalue weighted by Crippen LogP contribution is -2.43. The van der Waals surface area contributed by atoms with Gasteiger partial charge < -0.3 is 4.90 Å². The van der Waals surface area contributed by atoms with Crippen molar-refractivity contribution >= 4 is 23.8 Å². The number of anilines is 1. The lowest BCUT2D eigenvalue weighted by molar-refractivity contribution is -0.134. The van der Waals surface area contributed by atoms with E-state index in [0.29, 0.717) is 24.4 Å². The molecule has 1 aromatic heterocycles. The fourth-order valence-electron chi connectivity index (χ4n) is 5.00. The number of H-pyrrole nitrogens is 1. The molecule has 1 aliphatic rings. The lowest BCUT2D eigenvalue weighted by atomic mass is 9.71. The fraction of sp³-hybridized carbons (Fsp3) is 0.414. The normalized spacial score (nSPS) is 18.0. The Bertz CT molecular complexity index is 1180. The van der Waals surface area contributed by atoms with Gasteiger partial charge in [0, 0.05) is 24.6 Å². The van der Waals surface area contributed by atoms with Crippen LogP contribution in [-0.2, 0) is 11.3 Å². The Balaban J connectivity index is 1.44. The van der Waals surface area contributed by atoms with E-state index in [4.69, 9.17) is 0 Å². The molecule has 2 N–H and O–H groups in total. The van der Waals surface area contributed by atoms with Gasteiger partial charge in [-0.2, -0.15) is 5.21 Å². The summed E-state index contributed by atoms with van der Waals surface area (Å²) in [5.74, 6) is 0.619. The van der Waals surface area contributed by atoms with E-state index in [1.165, 1.54) is 0 Å². The van der Waals surface area contributed by atoms with Crippen LogP contribution in [0.5, 0.6) is 0 Å². The summed E-state index contributed by atoms with van der Waals surface area (Å²) in [5.41, 5.74) is 2.86. The zero-order valence-corrected chi connectivity index (χ0v) is 21.9. The quantitative estimate of drug-likeness (QED) is 0.426. The third-order valence-electron chi connectivity index (χ3n) is 7.22. The summed E-state index contributed by atoms with van der Waals surface area (Å²) in [6.45, 7) is 7.46. The number of tetrazole rings is 1. The number of hydrogen-bond acceptors (Lipinski definition) is 5. The highest BCUT2D eigenvalue weighted by Gasteiger charge is 2.33. The molecule has 2 amide bonds. The van der Waals surface area contributed by atoms with Crippen LogP contribution in [0.25, 0.3) is 6.08 Å². The number of carbonyl (C=O) groups is 2. The van der Waals surface area contributed by atoms with Crippen molar-refractivity contribution in [3.63, 3.8) is 0 Å². The van der Waals surface area contributed by atoms with Crippen LogP contribution < -0.4 is 5.32 Å². The van der Waals surface area contributed by atoms with Gasteiger partial charge in [-0.1, -0.05) is 80.5 Å². The molecule has 1 heterocycles. The predicted octanol–water partition coefficient (Wildman–Crippen LogP) is 5.49. The number of nitrogens with zero attached hydrogens (tertiary/aromatic N) is 4. The smallest absolute Gasteiger partial charge is 0.270 e. The predicted molar refractivity (Wildman–Crippen MR) is 144 cm³/mol. The summed E-state index contributed by atoms with van der Waals surface area (Å²) in [5, 5.41) is 15.8. The number of nitrogens with one attached hydrogen (secondary N) is 2. The van der Waals surface area contributed by atoms with Gasteiger partial charge in [-0.25, -0.2) is 0 Å². The number of hydrogen-bond donors (Lipinski definition) is 2. The first-order valence-corrected chi connectivity index (χ1v) is 12.9. The SMILES string of the molecule is CC(C)(C)C1CCC(N(Cc2ccc(C(=O)Nc3nn[nH]n3)cc2)C(=O)CC=Cc2ccccc2)CC1. The minimum absolute atomic E-state index is 0.125. The van der Waals surface area contributed by atoms with Crippen LogP contribution in [0, 0.1) is 11.3 Å². The molecule has 1 saturated carbocycles. The van der Waals surface area contributed by atoms with Crippen molar-refractivity contribution in [3.8, 4) is 0 Å². The minimum atomic E-state index is -0.313. The van der Waals surface area contributed by atoms with Gasteiger partial charge in [-0.05, 0) is 65.5 Å². The van der Waals surface area contributed by atoms with E-state index in [9.17, 15) is 9.59 Å². The molecule has 37 heavy (non-hydrogen) atoms. The van der Waals surface area contributed by atoms with Crippen molar-refractivity contribution in [1.82, 2.24) is 25.5 Å². The second-order valence-corrected chi connectivity index (χ2v) is 10.8. The molecule has 4 rings (SSSR count). The molecule has 3 aromatic rings.